The van der Waals surface area contributed by atoms with Crippen molar-refractivity contribution in [2.75, 3.05) is 0 Å². The molecule has 82 valence electrons. The Morgan fingerprint density at radius 1 is 0.643 bits per heavy atom. The fourth-order valence-electron chi connectivity index (χ4n) is 0.957. The van der Waals surface area contributed by atoms with Crippen LogP contribution in [0.5, 0.6) is 0 Å². The van der Waals surface area contributed by atoms with E-state index >= 15 is 0 Å². The molecule has 0 aromatic carbocycles. The van der Waals surface area contributed by atoms with Crippen LogP contribution in [0.2, 0.25) is 0 Å². The molecule has 0 saturated heterocycles. The van der Waals surface area contributed by atoms with E-state index in [9.17, 15) is 0 Å². The standard InChI is InChI=1S/C8H16.C5H11.K/c1-3-5-7-8-6-4-2;1-3-5-4-2;/h1-8H2;1,3-5H2,2H3;/q-2;-1;+1. The molecule has 14 heavy (non-hydrogen) atoms. The summed E-state index contributed by atoms with van der Waals surface area (Å²) in [6, 6.07) is 0. The van der Waals surface area contributed by atoms with E-state index in [1.807, 2.05) is 0 Å². The zero-order valence-corrected chi connectivity index (χ0v) is 13.6. The maximum absolute atomic E-state index is 3.77. The second kappa shape index (κ2) is 24.1. The van der Waals surface area contributed by atoms with Gasteiger partial charge in [-0.15, -0.1) is 0 Å². The number of rotatable bonds is 7. The predicted octanol–water partition coefficient (Wildman–Crippen LogP) is 2.01. The van der Waals surface area contributed by atoms with E-state index in [0.717, 1.165) is 19.3 Å². The summed E-state index contributed by atoms with van der Waals surface area (Å²) in [7, 11) is 0. The smallest absolute Gasteiger partial charge is 0.343 e. The van der Waals surface area contributed by atoms with Crippen LogP contribution in [-0.2, 0) is 0 Å². The van der Waals surface area contributed by atoms with Gasteiger partial charge < -0.3 is 20.8 Å². The van der Waals surface area contributed by atoms with Crippen LogP contribution >= 0.6 is 0 Å². The molecule has 0 N–H and O–H groups in total. The molecule has 0 fully saturated rings. The van der Waals surface area contributed by atoms with Crippen LogP contribution in [0, 0.1) is 20.8 Å². The summed E-state index contributed by atoms with van der Waals surface area (Å²) < 4.78 is 0. The van der Waals surface area contributed by atoms with Gasteiger partial charge in [0, 0.05) is 0 Å². The van der Waals surface area contributed by atoms with Crippen molar-refractivity contribution in [2.24, 2.45) is 0 Å². The Labute approximate surface area is 135 Å². The molecule has 0 aliphatic carbocycles. The molecule has 0 heterocycles. The molecule has 0 aromatic heterocycles. The average Bonchev–Trinajstić information content (AvgIpc) is 2.15. The number of unbranched alkanes of at least 4 members (excludes halogenated alkanes) is 7. The largest absolute Gasteiger partial charge is 1.00 e. The third-order valence-corrected chi connectivity index (χ3v) is 1.85. The minimum absolute atomic E-state index is 0. The molecule has 0 unspecified atom stereocenters. The Morgan fingerprint density at radius 3 is 1.14 bits per heavy atom. The van der Waals surface area contributed by atoms with Crippen LogP contribution in [-0.4, -0.2) is 0 Å². The molecule has 0 spiro atoms. The molecule has 0 saturated carbocycles. The first-order valence-electron chi connectivity index (χ1n) is 5.71. The third kappa shape index (κ3) is 29.2. The maximum atomic E-state index is 3.77. The van der Waals surface area contributed by atoms with E-state index < -0.39 is 0 Å². The van der Waals surface area contributed by atoms with E-state index in [-0.39, 0.29) is 51.4 Å². The van der Waals surface area contributed by atoms with E-state index in [0.29, 0.717) is 0 Å². The zero-order chi connectivity index (χ0) is 10.4. The van der Waals surface area contributed by atoms with Gasteiger partial charge in [-0.25, -0.2) is 0 Å². The van der Waals surface area contributed by atoms with Gasteiger partial charge in [0.25, 0.3) is 0 Å². The SMILES string of the molecule is [CH2-]CCCC.[CH2-]CCCCCC[CH2-].[K+]. The van der Waals surface area contributed by atoms with Gasteiger partial charge in [0.15, 0.2) is 0 Å². The average molecular weight is 222 g/mol. The molecule has 0 radical (unpaired) electrons. The van der Waals surface area contributed by atoms with E-state index in [2.05, 4.69) is 27.7 Å². The van der Waals surface area contributed by atoms with Crippen LogP contribution in [0.4, 0.5) is 0 Å². The molecule has 1 heteroatoms. The Bertz CT molecular complexity index is 54.3. The van der Waals surface area contributed by atoms with Gasteiger partial charge in [0.2, 0.25) is 0 Å². The normalized spacial score (nSPS) is 8.57. The van der Waals surface area contributed by atoms with E-state index in [1.54, 1.807) is 0 Å². The second-order valence-electron chi connectivity index (χ2n) is 3.33. The monoisotopic (exact) mass is 222 g/mol. The summed E-state index contributed by atoms with van der Waals surface area (Å²) in [5.41, 5.74) is 0. The molecule has 0 nitrogen and oxygen atoms in total. The Hall–Kier alpha value is 1.64. The van der Waals surface area contributed by atoms with Crippen molar-refractivity contribution < 1.29 is 51.4 Å². The second-order valence-corrected chi connectivity index (χ2v) is 3.33. The van der Waals surface area contributed by atoms with Crippen molar-refractivity contribution in [1.82, 2.24) is 0 Å². The summed E-state index contributed by atoms with van der Waals surface area (Å²) >= 11 is 0. The van der Waals surface area contributed by atoms with Crippen molar-refractivity contribution in [3.8, 4) is 0 Å². The first kappa shape index (κ1) is 21.0. The van der Waals surface area contributed by atoms with Crippen LogP contribution < -0.4 is 51.4 Å². The van der Waals surface area contributed by atoms with Crippen LogP contribution in [0.3, 0.4) is 0 Å². The molecule has 0 aliphatic rings. The van der Waals surface area contributed by atoms with Crippen LogP contribution in [0.15, 0.2) is 0 Å². The van der Waals surface area contributed by atoms with Gasteiger partial charge in [0.05, 0.1) is 0 Å². The quantitative estimate of drug-likeness (QED) is 0.351. The third-order valence-electron chi connectivity index (χ3n) is 1.85. The number of hydrogen-bond donors (Lipinski definition) is 0. The molecular formula is C13H27K-2. The molecule has 0 aromatic rings. The Balaban J connectivity index is -0.000000177. The Kier molecular flexibility index (Phi) is 36.0. The maximum Gasteiger partial charge on any atom is 1.00 e. The summed E-state index contributed by atoms with van der Waals surface area (Å²) in [6.45, 7) is 13.4. The summed E-state index contributed by atoms with van der Waals surface area (Å²) in [5.74, 6) is 0. The van der Waals surface area contributed by atoms with Crippen LogP contribution in [0.25, 0.3) is 0 Å². The zero-order valence-electron chi connectivity index (χ0n) is 10.5. The topological polar surface area (TPSA) is 0 Å². The van der Waals surface area contributed by atoms with E-state index in [4.69, 9.17) is 0 Å². The molecule has 0 amide bonds. The fraction of sp³-hybridized carbons (Fsp3) is 0.769. The van der Waals surface area contributed by atoms with Gasteiger partial charge in [-0.1, -0.05) is 45.4 Å². The van der Waals surface area contributed by atoms with Gasteiger partial charge in [0.1, 0.15) is 0 Å². The number of hydrogen-bond acceptors (Lipinski definition) is 0. The molecule has 0 rings (SSSR count). The van der Waals surface area contributed by atoms with Gasteiger partial charge in [-0.2, -0.15) is 19.3 Å². The molecular weight excluding hydrogens is 195 g/mol. The van der Waals surface area contributed by atoms with Crippen molar-refractivity contribution in [3.05, 3.63) is 20.8 Å². The molecule has 0 atom stereocenters. The minimum Gasteiger partial charge on any atom is -0.343 e. The fourth-order valence-corrected chi connectivity index (χ4v) is 0.957. The summed E-state index contributed by atoms with van der Waals surface area (Å²) in [4.78, 5) is 0. The molecule has 0 bridgehead atoms. The van der Waals surface area contributed by atoms with Gasteiger partial charge in [-0.3, -0.25) is 0 Å². The van der Waals surface area contributed by atoms with Crippen molar-refractivity contribution in [2.45, 2.75) is 64.7 Å². The molecule has 0 aliphatic heterocycles. The first-order valence-corrected chi connectivity index (χ1v) is 5.71. The van der Waals surface area contributed by atoms with Gasteiger partial charge >= 0.3 is 51.4 Å². The van der Waals surface area contributed by atoms with Gasteiger partial charge in [-0.05, 0) is 0 Å². The summed E-state index contributed by atoms with van der Waals surface area (Å²) in [6.07, 6.45) is 11.1. The first-order chi connectivity index (χ1) is 6.33. The van der Waals surface area contributed by atoms with Crippen molar-refractivity contribution in [3.63, 3.8) is 0 Å². The van der Waals surface area contributed by atoms with Crippen molar-refractivity contribution >= 4 is 0 Å². The Morgan fingerprint density at radius 2 is 1.00 bits per heavy atom. The van der Waals surface area contributed by atoms with Crippen molar-refractivity contribution in [1.29, 1.82) is 0 Å². The van der Waals surface area contributed by atoms with E-state index in [1.165, 1.54) is 38.5 Å². The minimum atomic E-state index is 0. The summed E-state index contributed by atoms with van der Waals surface area (Å²) in [5, 5.41) is 0. The predicted molar refractivity (Wildman–Crippen MR) is 63.3 cm³/mol. The van der Waals surface area contributed by atoms with Crippen LogP contribution in [0.1, 0.15) is 64.7 Å².